The van der Waals surface area contributed by atoms with Crippen molar-refractivity contribution >= 4 is 29.3 Å². The van der Waals surface area contributed by atoms with E-state index in [2.05, 4.69) is 10.6 Å². The van der Waals surface area contributed by atoms with Crippen LogP contribution in [0.2, 0.25) is 0 Å². The fourth-order valence-electron chi connectivity index (χ4n) is 3.88. The number of ether oxygens (including phenoxy) is 3. The molecule has 1 aromatic carbocycles. The molecule has 11 heteroatoms. The van der Waals surface area contributed by atoms with Gasteiger partial charge < -0.3 is 30.0 Å². The number of esters is 1. The highest BCUT2D eigenvalue weighted by molar-refractivity contribution is 5.97. The average molecular weight is 497 g/mol. The molecule has 2 atom stereocenters. The first-order valence-corrected chi connectivity index (χ1v) is 11.7. The van der Waals surface area contributed by atoms with E-state index < -0.39 is 23.9 Å². The van der Waals surface area contributed by atoms with E-state index in [1.54, 1.807) is 48.7 Å². The maximum absolute atomic E-state index is 12.9. The number of carboxylic acid groups (broad SMARTS) is 1. The molecule has 1 aliphatic heterocycles. The zero-order valence-corrected chi connectivity index (χ0v) is 20.2. The molecule has 36 heavy (non-hydrogen) atoms. The maximum Gasteiger partial charge on any atom is 0.326 e. The Kier molecular flexibility index (Phi) is 7.28. The minimum absolute atomic E-state index is 0.0867. The van der Waals surface area contributed by atoms with Crippen molar-refractivity contribution < 1.29 is 33.7 Å². The summed E-state index contributed by atoms with van der Waals surface area (Å²) in [5.41, 5.74) is 1.93. The standard InChI is InChI=1S/C25H28N4O7/c1-4-14(3)21(25(32)33)28-24(31)16-8-9-29-19(11-16)27-22(23(29)26-12-20(30)34-5-2)15-6-7-17-18(10-15)36-13-35-17/h6-11,14,21,26H,4-5,12-13H2,1-3H3,(H,28,31)(H,32,33). The van der Waals surface area contributed by atoms with Crippen molar-refractivity contribution in [2.24, 2.45) is 5.92 Å². The number of carbonyl (C=O) groups is 3. The molecule has 0 spiro atoms. The van der Waals surface area contributed by atoms with Gasteiger partial charge >= 0.3 is 11.9 Å². The van der Waals surface area contributed by atoms with Crippen LogP contribution >= 0.6 is 0 Å². The van der Waals surface area contributed by atoms with Gasteiger partial charge in [0, 0.05) is 17.3 Å². The predicted octanol–water partition coefficient (Wildman–Crippen LogP) is 2.93. The molecule has 11 nitrogen and oxygen atoms in total. The summed E-state index contributed by atoms with van der Waals surface area (Å²) in [5, 5.41) is 15.2. The van der Waals surface area contributed by atoms with Crippen LogP contribution in [0.15, 0.2) is 36.5 Å². The van der Waals surface area contributed by atoms with E-state index in [0.717, 1.165) is 0 Å². The van der Waals surface area contributed by atoms with E-state index in [1.165, 1.54) is 0 Å². The Morgan fingerprint density at radius 2 is 1.94 bits per heavy atom. The van der Waals surface area contributed by atoms with Crippen molar-refractivity contribution in [3.05, 3.63) is 42.1 Å². The lowest BCUT2D eigenvalue weighted by Gasteiger charge is -2.20. The number of hydrogen-bond donors (Lipinski definition) is 3. The molecule has 0 radical (unpaired) electrons. The van der Waals surface area contributed by atoms with Gasteiger partial charge in [0.25, 0.3) is 5.91 Å². The molecule has 1 aliphatic rings. The number of anilines is 1. The van der Waals surface area contributed by atoms with Gasteiger partial charge in [-0.3, -0.25) is 14.0 Å². The molecule has 1 amide bonds. The van der Waals surface area contributed by atoms with Gasteiger partial charge in [-0.2, -0.15) is 0 Å². The minimum Gasteiger partial charge on any atom is -0.480 e. The lowest BCUT2D eigenvalue weighted by Crippen LogP contribution is -2.45. The van der Waals surface area contributed by atoms with Crippen LogP contribution in [0.1, 0.15) is 37.6 Å². The van der Waals surface area contributed by atoms with Crippen LogP contribution in [0.4, 0.5) is 5.82 Å². The number of nitrogens with zero attached hydrogens (tertiary/aromatic N) is 2. The second-order valence-corrected chi connectivity index (χ2v) is 8.35. The Morgan fingerprint density at radius 3 is 2.67 bits per heavy atom. The molecule has 0 aliphatic carbocycles. The summed E-state index contributed by atoms with van der Waals surface area (Å²) in [6.45, 7) is 5.67. The number of fused-ring (bicyclic) bond motifs is 2. The minimum atomic E-state index is -1.09. The normalized spacial score (nSPS) is 13.8. The Bertz CT molecular complexity index is 1300. The first-order chi connectivity index (χ1) is 17.3. The van der Waals surface area contributed by atoms with Crippen molar-refractivity contribution in [2.45, 2.75) is 33.2 Å². The number of amides is 1. The van der Waals surface area contributed by atoms with Gasteiger partial charge in [-0.05, 0) is 43.2 Å². The van der Waals surface area contributed by atoms with Gasteiger partial charge in [-0.25, -0.2) is 9.78 Å². The van der Waals surface area contributed by atoms with E-state index in [9.17, 15) is 19.5 Å². The van der Waals surface area contributed by atoms with Crippen LogP contribution in [0, 0.1) is 5.92 Å². The molecule has 0 fully saturated rings. The Morgan fingerprint density at radius 1 is 1.17 bits per heavy atom. The van der Waals surface area contributed by atoms with Crippen molar-refractivity contribution in [3.63, 3.8) is 0 Å². The second-order valence-electron chi connectivity index (χ2n) is 8.35. The molecule has 3 heterocycles. The highest BCUT2D eigenvalue weighted by atomic mass is 16.7. The summed E-state index contributed by atoms with van der Waals surface area (Å²) in [6.07, 6.45) is 2.24. The van der Waals surface area contributed by atoms with E-state index in [4.69, 9.17) is 19.2 Å². The number of hydrogen-bond acceptors (Lipinski definition) is 8. The largest absolute Gasteiger partial charge is 0.480 e. The highest BCUT2D eigenvalue weighted by Gasteiger charge is 2.26. The summed E-state index contributed by atoms with van der Waals surface area (Å²) in [5.74, 6) is -0.550. The number of carbonyl (C=O) groups excluding carboxylic acids is 2. The average Bonchev–Trinajstić information content (AvgIpc) is 3.48. The molecule has 2 aromatic heterocycles. The Hall–Kier alpha value is -4.28. The fraction of sp³-hybridized carbons (Fsp3) is 0.360. The summed E-state index contributed by atoms with van der Waals surface area (Å²) in [6, 6.07) is 7.51. The van der Waals surface area contributed by atoms with Gasteiger partial charge in [0.1, 0.15) is 29.7 Å². The van der Waals surface area contributed by atoms with Gasteiger partial charge in [0.05, 0.1) is 6.61 Å². The number of imidazole rings is 1. The van der Waals surface area contributed by atoms with Gasteiger partial charge in [0.2, 0.25) is 6.79 Å². The summed E-state index contributed by atoms with van der Waals surface area (Å²) in [4.78, 5) is 41.2. The Labute approximate surface area is 207 Å². The summed E-state index contributed by atoms with van der Waals surface area (Å²) in [7, 11) is 0. The third kappa shape index (κ3) is 5.04. The smallest absolute Gasteiger partial charge is 0.326 e. The highest BCUT2D eigenvalue weighted by Crippen LogP contribution is 2.38. The second kappa shape index (κ2) is 10.5. The SMILES string of the molecule is CCOC(=O)CNc1c(-c2ccc3c(c2)OCO3)nc2cc(C(=O)NC(C(=O)O)C(C)CC)ccn12. The van der Waals surface area contributed by atoms with Crippen LogP contribution in [-0.4, -0.2) is 58.3 Å². The molecule has 0 saturated heterocycles. The third-order valence-corrected chi connectivity index (χ3v) is 6.01. The van der Waals surface area contributed by atoms with Gasteiger partial charge in [-0.15, -0.1) is 0 Å². The first-order valence-electron chi connectivity index (χ1n) is 11.7. The number of carboxylic acids is 1. The zero-order valence-electron chi connectivity index (χ0n) is 20.2. The lowest BCUT2D eigenvalue weighted by molar-refractivity contribution is -0.141. The monoisotopic (exact) mass is 496 g/mol. The molecule has 2 unspecified atom stereocenters. The number of nitrogens with one attached hydrogen (secondary N) is 2. The molecular formula is C25H28N4O7. The topological polar surface area (TPSA) is 140 Å². The van der Waals surface area contributed by atoms with E-state index in [0.29, 0.717) is 40.6 Å². The zero-order chi connectivity index (χ0) is 25.8. The molecule has 3 N–H and O–H groups in total. The molecule has 190 valence electrons. The quantitative estimate of drug-likeness (QED) is 0.361. The van der Waals surface area contributed by atoms with Crippen LogP contribution in [0.5, 0.6) is 11.5 Å². The Balaban J connectivity index is 1.70. The van der Waals surface area contributed by atoms with Crippen molar-refractivity contribution in [1.82, 2.24) is 14.7 Å². The van der Waals surface area contributed by atoms with E-state index in [1.807, 2.05) is 13.0 Å². The predicted molar refractivity (Wildman–Crippen MR) is 130 cm³/mol. The summed E-state index contributed by atoms with van der Waals surface area (Å²) >= 11 is 0. The number of pyridine rings is 1. The summed E-state index contributed by atoms with van der Waals surface area (Å²) < 4.78 is 17.6. The maximum atomic E-state index is 12.9. The molecular weight excluding hydrogens is 468 g/mol. The van der Waals surface area contributed by atoms with Crippen molar-refractivity contribution in [2.75, 3.05) is 25.3 Å². The first kappa shape index (κ1) is 24.8. The van der Waals surface area contributed by atoms with Crippen LogP contribution in [0.25, 0.3) is 16.9 Å². The van der Waals surface area contributed by atoms with Gasteiger partial charge in [0.15, 0.2) is 11.5 Å². The van der Waals surface area contributed by atoms with Crippen LogP contribution in [-0.2, 0) is 14.3 Å². The number of rotatable bonds is 10. The molecule has 0 bridgehead atoms. The number of aromatic nitrogens is 2. The van der Waals surface area contributed by atoms with E-state index >= 15 is 0 Å². The van der Waals surface area contributed by atoms with Crippen LogP contribution < -0.4 is 20.1 Å². The number of benzene rings is 1. The number of aliphatic carboxylic acids is 1. The molecule has 0 saturated carbocycles. The third-order valence-electron chi connectivity index (χ3n) is 6.01. The van der Waals surface area contributed by atoms with Crippen LogP contribution in [0.3, 0.4) is 0 Å². The van der Waals surface area contributed by atoms with Gasteiger partial charge in [-0.1, -0.05) is 20.3 Å². The van der Waals surface area contributed by atoms with Crippen molar-refractivity contribution in [1.29, 1.82) is 0 Å². The van der Waals surface area contributed by atoms with Crippen molar-refractivity contribution in [3.8, 4) is 22.8 Å². The van der Waals surface area contributed by atoms with E-state index in [-0.39, 0.29) is 31.4 Å². The fourth-order valence-corrected chi connectivity index (χ4v) is 3.88. The lowest BCUT2D eigenvalue weighted by atomic mass is 9.99. The molecule has 3 aromatic rings. The molecule has 4 rings (SSSR count).